The zero-order chi connectivity index (χ0) is 28.3. The van der Waals surface area contributed by atoms with E-state index in [1.165, 1.54) is 6.07 Å². The quantitative estimate of drug-likeness (QED) is 0.275. The van der Waals surface area contributed by atoms with Crippen LogP contribution in [0.3, 0.4) is 0 Å². The molecule has 6 rings (SSSR count). The van der Waals surface area contributed by atoms with Crippen LogP contribution >= 0.6 is 0 Å². The predicted molar refractivity (Wildman–Crippen MR) is 150 cm³/mol. The molecule has 1 fully saturated rings. The fourth-order valence-corrected chi connectivity index (χ4v) is 5.18. The van der Waals surface area contributed by atoms with Gasteiger partial charge in [0.05, 0.1) is 42.4 Å². The highest BCUT2D eigenvalue weighted by Gasteiger charge is 2.24. The minimum atomic E-state index is -0.961. The van der Waals surface area contributed by atoms with Gasteiger partial charge in [-0.15, -0.1) is 0 Å². The molecule has 4 aromatic rings. The van der Waals surface area contributed by atoms with Gasteiger partial charge >= 0.3 is 5.97 Å². The van der Waals surface area contributed by atoms with Gasteiger partial charge < -0.3 is 19.1 Å². The number of hydrogen-bond acceptors (Lipinski definition) is 6. The number of benzene rings is 2. The summed E-state index contributed by atoms with van der Waals surface area (Å²) in [7, 11) is 0. The molecule has 0 amide bonds. The largest absolute Gasteiger partial charge is 0.478 e. The summed E-state index contributed by atoms with van der Waals surface area (Å²) < 4.78 is 28.1. The van der Waals surface area contributed by atoms with Gasteiger partial charge in [0.2, 0.25) is 5.88 Å². The second kappa shape index (κ2) is 11.5. The molecule has 0 bridgehead atoms. The molecule has 0 radical (unpaired) electrons. The molecule has 1 atom stereocenters. The molecular formula is C31H28FN5O4. The average molecular weight is 554 g/mol. The lowest BCUT2D eigenvalue weighted by atomic mass is 10.0. The Balaban J connectivity index is 1.18. The van der Waals surface area contributed by atoms with Crippen molar-refractivity contribution in [2.75, 3.05) is 19.7 Å². The molecular weight excluding hydrogens is 525 g/mol. The van der Waals surface area contributed by atoms with Crippen molar-refractivity contribution in [2.24, 2.45) is 0 Å². The highest BCUT2D eigenvalue weighted by molar-refractivity contribution is 5.92. The van der Waals surface area contributed by atoms with Crippen molar-refractivity contribution in [3.05, 3.63) is 101 Å². The van der Waals surface area contributed by atoms with E-state index < -0.39 is 11.8 Å². The van der Waals surface area contributed by atoms with Crippen LogP contribution in [0.15, 0.2) is 60.8 Å². The van der Waals surface area contributed by atoms with Crippen LogP contribution in [0.4, 0.5) is 10.1 Å². The van der Waals surface area contributed by atoms with Crippen molar-refractivity contribution >= 4 is 28.3 Å². The molecule has 2 aromatic heterocycles. The van der Waals surface area contributed by atoms with Crippen LogP contribution in [0, 0.1) is 12.4 Å². The molecule has 2 aliphatic heterocycles. The Morgan fingerprint density at radius 1 is 1.24 bits per heavy atom. The summed E-state index contributed by atoms with van der Waals surface area (Å²) in [6, 6.07) is 13.2. The first-order valence-corrected chi connectivity index (χ1v) is 13.5. The first-order valence-electron chi connectivity index (χ1n) is 13.5. The van der Waals surface area contributed by atoms with Crippen molar-refractivity contribution in [1.82, 2.24) is 19.4 Å². The number of carbonyl (C=O) groups is 1. The molecule has 0 unspecified atom stereocenters. The van der Waals surface area contributed by atoms with Crippen molar-refractivity contribution in [1.29, 1.82) is 0 Å². The third-order valence-electron chi connectivity index (χ3n) is 7.56. The molecule has 2 aromatic carbocycles. The molecule has 10 heteroatoms. The van der Waals surface area contributed by atoms with Crippen molar-refractivity contribution in [2.45, 2.75) is 38.6 Å². The third-order valence-corrected chi connectivity index (χ3v) is 7.56. The van der Waals surface area contributed by atoms with Crippen molar-refractivity contribution in [3.63, 3.8) is 0 Å². The summed E-state index contributed by atoms with van der Waals surface area (Å²) in [6.45, 7) is 10.5. The number of carboxylic acid groups (broad SMARTS) is 1. The van der Waals surface area contributed by atoms with Crippen molar-refractivity contribution < 1.29 is 23.8 Å². The lowest BCUT2D eigenvalue weighted by molar-refractivity contribution is -0.0591. The smallest absolute Gasteiger partial charge is 0.335 e. The topological polar surface area (TPSA) is 94.1 Å². The highest BCUT2D eigenvalue weighted by atomic mass is 19.1. The number of pyridine rings is 1. The number of aromatic carboxylic acids is 1. The number of nitrogens with zero attached hydrogens (tertiary/aromatic N) is 5. The molecule has 0 saturated carbocycles. The Morgan fingerprint density at radius 3 is 2.83 bits per heavy atom. The molecule has 0 spiro atoms. The number of rotatable bonds is 9. The lowest BCUT2D eigenvalue weighted by Gasteiger charge is -2.29. The summed E-state index contributed by atoms with van der Waals surface area (Å²) in [4.78, 5) is 26.4. The van der Waals surface area contributed by atoms with Crippen LogP contribution in [0.1, 0.15) is 40.2 Å². The van der Waals surface area contributed by atoms with Gasteiger partial charge in [0.15, 0.2) is 5.69 Å². The van der Waals surface area contributed by atoms with Gasteiger partial charge in [-0.1, -0.05) is 18.2 Å². The number of imidazole rings is 1. The Hall–Kier alpha value is -4.59. The van der Waals surface area contributed by atoms with E-state index in [4.69, 9.17) is 21.0 Å². The summed E-state index contributed by atoms with van der Waals surface area (Å²) in [5, 5.41) is 9.50. The lowest BCUT2D eigenvalue weighted by Crippen LogP contribution is -2.33. The Morgan fingerprint density at radius 2 is 2.12 bits per heavy atom. The first kappa shape index (κ1) is 26.6. The number of halogens is 1. The van der Waals surface area contributed by atoms with Crippen LogP contribution in [-0.2, 0) is 24.4 Å². The number of fused-ring (bicyclic) bond motifs is 1. The molecule has 41 heavy (non-hydrogen) atoms. The van der Waals surface area contributed by atoms with Gasteiger partial charge in [0.25, 0.3) is 0 Å². The summed E-state index contributed by atoms with van der Waals surface area (Å²) in [5.41, 5.74) is 4.41. The molecule has 0 aliphatic carbocycles. The summed E-state index contributed by atoms with van der Waals surface area (Å²) in [5.74, 6) is -0.113. The van der Waals surface area contributed by atoms with E-state index in [0.29, 0.717) is 31.1 Å². The number of carboxylic acids is 1. The molecule has 208 valence electrons. The second-order valence-corrected chi connectivity index (χ2v) is 10.2. The van der Waals surface area contributed by atoms with Crippen LogP contribution < -0.4 is 4.74 Å². The maximum absolute atomic E-state index is 14.4. The summed E-state index contributed by atoms with van der Waals surface area (Å²) >= 11 is 0. The van der Waals surface area contributed by atoms with Gasteiger partial charge in [0, 0.05) is 37.0 Å². The maximum Gasteiger partial charge on any atom is 0.335 e. The van der Waals surface area contributed by atoms with Gasteiger partial charge in [-0.3, -0.25) is 4.90 Å². The minimum absolute atomic E-state index is 0.0120. The van der Waals surface area contributed by atoms with E-state index in [-0.39, 0.29) is 24.0 Å². The Bertz CT molecular complexity index is 1690. The SMILES string of the molecule is [C-]#[N+]c1ccc(COc2ncccc2C2=CCN(Cc3nc4ccc(C(=O)O)cc4n3C[C@@H]3CCO3)CC2)c(F)c1. The third kappa shape index (κ3) is 5.68. The van der Waals surface area contributed by atoms with Gasteiger partial charge in [0.1, 0.15) is 18.2 Å². The minimum Gasteiger partial charge on any atom is -0.478 e. The van der Waals surface area contributed by atoms with E-state index >= 15 is 0 Å². The second-order valence-electron chi connectivity index (χ2n) is 10.2. The monoisotopic (exact) mass is 553 g/mol. The van der Waals surface area contributed by atoms with Crippen LogP contribution in [0.25, 0.3) is 21.5 Å². The van der Waals surface area contributed by atoms with E-state index in [2.05, 4.69) is 25.4 Å². The number of aromatic nitrogens is 3. The molecule has 1 saturated heterocycles. The Labute approximate surface area is 236 Å². The first-order chi connectivity index (χ1) is 20.0. The van der Waals surface area contributed by atoms with Crippen LogP contribution in [-0.4, -0.2) is 56.3 Å². The summed E-state index contributed by atoms with van der Waals surface area (Å²) in [6.07, 6.45) is 5.66. The molecule has 4 heterocycles. The van der Waals surface area contributed by atoms with Crippen molar-refractivity contribution in [3.8, 4) is 5.88 Å². The molecule has 9 nitrogen and oxygen atoms in total. The maximum atomic E-state index is 14.4. The average Bonchev–Trinajstić information content (AvgIpc) is 3.30. The fourth-order valence-electron chi connectivity index (χ4n) is 5.18. The number of ether oxygens (including phenoxy) is 2. The van der Waals surface area contributed by atoms with E-state index in [0.717, 1.165) is 54.0 Å². The molecule has 1 N–H and O–H groups in total. The predicted octanol–water partition coefficient (Wildman–Crippen LogP) is 5.48. The van der Waals surface area contributed by atoms with Gasteiger partial charge in [-0.05, 0) is 54.8 Å². The number of hydrogen-bond donors (Lipinski definition) is 1. The van der Waals surface area contributed by atoms with E-state index in [1.54, 1.807) is 36.5 Å². The van der Waals surface area contributed by atoms with E-state index in [9.17, 15) is 14.3 Å². The Kier molecular flexibility index (Phi) is 7.46. The van der Waals surface area contributed by atoms with E-state index in [1.807, 2.05) is 12.1 Å². The van der Waals surface area contributed by atoms with Gasteiger partial charge in [-0.25, -0.2) is 24.0 Å². The zero-order valence-electron chi connectivity index (χ0n) is 22.3. The molecule has 2 aliphatic rings. The zero-order valence-corrected chi connectivity index (χ0v) is 22.3. The highest BCUT2D eigenvalue weighted by Crippen LogP contribution is 2.31. The fraction of sp³-hybridized carbons (Fsp3) is 0.290. The normalized spacial score (nSPS) is 17.1. The standard InChI is InChI=1S/C31H28FN5O4/c1-33-23-6-4-22(26(32)16-23)19-41-30-25(3-2-11-34-30)20-8-12-36(13-9-20)18-29-35-27-7-5-21(31(38)39)15-28(27)37(29)17-24-10-14-40-24/h2-8,11,15-16,24H,9-10,12-14,17-19H2,(H,38,39)/t24-/m0/s1. The van der Waals surface area contributed by atoms with Crippen LogP contribution in [0.2, 0.25) is 0 Å². The van der Waals surface area contributed by atoms with Gasteiger partial charge in [-0.2, -0.15) is 0 Å². The van der Waals surface area contributed by atoms with Crippen LogP contribution in [0.5, 0.6) is 5.88 Å².